The first-order valence-electron chi connectivity index (χ1n) is 38.6. The van der Waals surface area contributed by atoms with Crippen LogP contribution in [0.1, 0.15) is 438 Å². The van der Waals surface area contributed by atoms with Crippen LogP contribution in [0.2, 0.25) is 0 Å². The highest BCUT2D eigenvalue weighted by atomic mass is 16.5. The van der Waals surface area contributed by atoms with Crippen molar-refractivity contribution >= 4 is 11.9 Å². The number of amides is 1. The summed E-state index contributed by atoms with van der Waals surface area (Å²) in [6.07, 6.45) is 94.0. The number of ether oxygens (including phenoxy) is 1. The summed E-state index contributed by atoms with van der Waals surface area (Å²) in [6.45, 7) is 4.99. The van der Waals surface area contributed by atoms with Crippen LogP contribution in [0.5, 0.6) is 0 Å². The van der Waals surface area contributed by atoms with Gasteiger partial charge in [0.2, 0.25) is 5.91 Å². The second-order valence-electron chi connectivity index (χ2n) is 26.7. The van der Waals surface area contributed by atoms with Crippen LogP contribution in [0.3, 0.4) is 0 Å². The van der Waals surface area contributed by atoms with Crippen molar-refractivity contribution in [1.29, 1.82) is 0 Å². The fourth-order valence-electron chi connectivity index (χ4n) is 12.3. The Labute approximate surface area is 526 Å². The monoisotopic (exact) mass is 1180 g/mol. The van der Waals surface area contributed by atoms with Gasteiger partial charge in [0, 0.05) is 12.8 Å². The summed E-state index contributed by atoms with van der Waals surface area (Å²) in [5, 5.41) is 23.4. The summed E-state index contributed by atoms with van der Waals surface area (Å²) >= 11 is 0. The van der Waals surface area contributed by atoms with E-state index in [1.165, 1.54) is 360 Å². The summed E-state index contributed by atoms with van der Waals surface area (Å²) in [5.74, 6) is -0.0129. The van der Waals surface area contributed by atoms with Crippen molar-refractivity contribution in [2.45, 2.75) is 450 Å². The van der Waals surface area contributed by atoms with E-state index in [-0.39, 0.29) is 18.5 Å². The van der Waals surface area contributed by atoms with Gasteiger partial charge in [-0.05, 0) is 77.0 Å². The van der Waals surface area contributed by atoms with Gasteiger partial charge >= 0.3 is 5.97 Å². The van der Waals surface area contributed by atoms with Gasteiger partial charge in [-0.1, -0.05) is 372 Å². The molecule has 0 spiro atoms. The molecule has 0 fully saturated rings. The fraction of sp³-hybridized carbons (Fsp3) is 0.923. The lowest BCUT2D eigenvalue weighted by atomic mass is 10.0. The minimum absolute atomic E-state index is 0.0153. The standard InChI is InChI=1S/C78H151NO5/c1-3-5-7-9-11-13-15-17-19-21-35-39-42-46-50-54-58-62-66-70-76(81)75(74-80)79-77(82)71-67-63-59-55-51-47-43-40-36-33-31-29-27-25-23-22-24-26-28-30-32-34-37-41-45-49-53-57-61-65-69-73-84-78(83)72-68-64-60-56-52-48-44-38-20-18-16-14-12-10-8-6-4-2/h18,20,24,26,75-76,80-81H,3-17,19,21-23,25,27-74H2,1-2H3,(H,79,82)/b20-18-,26-24-. The van der Waals surface area contributed by atoms with E-state index in [1.807, 2.05) is 0 Å². The van der Waals surface area contributed by atoms with Crippen LogP contribution in [0, 0.1) is 0 Å². The topological polar surface area (TPSA) is 95.9 Å². The number of aliphatic hydroxyl groups excluding tert-OH is 2. The third kappa shape index (κ3) is 69.4. The van der Waals surface area contributed by atoms with E-state index in [2.05, 4.69) is 43.5 Å². The molecule has 0 aliphatic heterocycles. The van der Waals surface area contributed by atoms with E-state index < -0.39 is 12.1 Å². The fourth-order valence-corrected chi connectivity index (χ4v) is 12.3. The Hall–Kier alpha value is -1.66. The highest BCUT2D eigenvalue weighted by Crippen LogP contribution is 2.20. The van der Waals surface area contributed by atoms with E-state index in [9.17, 15) is 19.8 Å². The molecule has 0 bridgehead atoms. The van der Waals surface area contributed by atoms with Gasteiger partial charge in [0.15, 0.2) is 0 Å². The Balaban J connectivity index is 3.35. The third-order valence-corrected chi connectivity index (χ3v) is 18.2. The molecule has 2 atom stereocenters. The number of rotatable bonds is 73. The zero-order valence-corrected chi connectivity index (χ0v) is 57.2. The predicted molar refractivity (Wildman–Crippen MR) is 370 cm³/mol. The molecule has 0 aromatic heterocycles. The molecule has 0 radical (unpaired) electrons. The van der Waals surface area contributed by atoms with Crippen LogP contribution in [0.15, 0.2) is 24.3 Å². The molecule has 0 saturated carbocycles. The molecule has 2 unspecified atom stereocenters. The Morgan fingerprint density at radius 3 is 0.845 bits per heavy atom. The second kappa shape index (κ2) is 73.8. The number of hydrogen-bond acceptors (Lipinski definition) is 5. The van der Waals surface area contributed by atoms with E-state index in [0.29, 0.717) is 25.9 Å². The van der Waals surface area contributed by atoms with Crippen molar-refractivity contribution in [3.05, 3.63) is 24.3 Å². The van der Waals surface area contributed by atoms with Crippen LogP contribution in [-0.4, -0.2) is 47.4 Å². The van der Waals surface area contributed by atoms with Crippen molar-refractivity contribution < 1.29 is 24.5 Å². The van der Waals surface area contributed by atoms with Crippen molar-refractivity contribution in [2.75, 3.05) is 13.2 Å². The summed E-state index contributed by atoms with van der Waals surface area (Å²) in [7, 11) is 0. The molecule has 498 valence electrons. The molecule has 0 rings (SSSR count). The highest BCUT2D eigenvalue weighted by molar-refractivity contribution is 5.76. The number of aliphatic hydroxyl groups is 2. The third-order valence-electron chi connectivity index (χ3n) is 18.2. The Kier molecular flexibility index (Phi) is 72.3. The van der Waals surface area contributed by atoms with Gasteiger partial charge in [-0.25, -0.2) is 0 Å². The zero-order valence-electron chi connectivity index (χ0n) is 57.2. The van der Waals surface area contributed by atoms with Crippen molar-refractivity contribution in [2.24, 2.45) is 0 Å². The molecule has 0 aliphatic rings. The van der Waals surface area contributed by atoms with E-state index in [1.54, 1.807) is 0 Å². The van der Waals surface area contributed by atoms with E-state index in [4.69, 9.17) is 4.74 Å². The largest absolute Gasteiger partial charge is 0.466 e. The molecule has 0 saturated heterocycles. The van der Waals surface area contributed by atoms with Gasteiger partial charge in [0.1, 0.15) is 0 Å². The number of unbranched alkanes of at least 4 members (excludes halogenated alkanes) is 58. The van der Waals surface area contributed by atoms with Crippen LogP contribution < -0.4 is 5.32 Å². The number of hydrogen-bond donors (Lipinski definition) is 3. The lowest BCUT2D eigenvalue weighted by Crippen LogP contribution is -2.45. The number of carbonyl (C=O) groups is 2. The summed E-state index contributed by atoms with van der Waals surface area (Å²) in [4.78, 5) is 24.7. The minimum atomic E-state index is -0.663. The van der Waals surface area contributed by atoms with E-state index in [0.717, 1.165) is 44.9 Å². The van der Waals surface area contributed by atoms with Crippen LogP contribution in [0.25, 0.3) is 0 Å². The van der Waals surface area contributed by atoms with Crippen LogP contribution >= 0.6 is 0 Å². The normalized spacial score (nSPS) is 12.6. The van der Waals surface area contributed by atoms with Crippen molar-refractivity contribution in [3.63, 3.8) is 0 Å². The van der Waals surface area contributed by atoms with Gasteiger partial charge < -0.3 is 20.3 Å². The maximum absolute atomic E-state index is 12.5. The number of allylic oxidation sites excluding steroid dienone is 4. The molecule has 1 amide bonds. The molecule has 6 nitrogen and oxygen atoms in total. The molecule has 84 heavy (non-hydrogen) atoms. The summed E-state index contributed by atoms with van der Waals surface area (Å²) in [5.41, 5.74) is 0. The smallest absolute Gasteiger partial charge is 0.305 e. The maximum atomic E-state index is 12.5. The maximum Gasteiger partial charge on any atom is 0.305 e. The van der Waals surface area contributed by atoms with E-state index >= 15 is 0 Å². The first-order chi connectivity index (χ1) is 41.5. The molecule has 0 aliphatic carbocycles. The van der Waals surface area contributed by atoms with Gasteiger partial charge in [-0.3, -0.25) is 9.59 Å². The molecular formula is C78H151NO5. The molecule has 6 heteroatoms. The molecule has 0 aromatic carbocycles. The van der Waals surface area contributed by atoms with Crippen molar-refractivity contribution in [3.8, 4) is 0 Å². The Bertz CT molecular complexity index is 1320. The average Bonchev–Trinajstić information content (AvgIpc) is 3.51. The molecule has 0 heterocycles. The minimum Gasteiger partial charge on any atom is -0.466 e. The van der Waals surface area contributed by atoms with Crippen LogP contribution in [0.4, 0.5) is 0 Å². The number of carbonyl (C=O) groups excluding carboxylic acids is 2. The Morgan fingerprint density at radius 2 is 0.560 bits per heavy atom. The average molecular weight is 1180 g/mol. The SMILES string of the molecule is CCCCCCCC/C=C\CCCCCCCCCC(=O)OCCCCCCCCCCCCCC/C=C\CCCCCCCCCCCCCCCCCC(=O)NC(CO)C(O)CCCCCCCCCCCCCCCCCCCCC. The van der Waals surface area contributed by atoms with Crippen molar-refractivity contribution in [1.82, 2.24) is 5.32 Å². The number of nitrogens with one attached hydrogen (secondary N) is 1. The predicted octanol–water partition coefficient (Wildman–Crippen LogP) is 25.3. The Morgan fingerprint density at radius 1 is 0.321 bits per heavy atom. The van der Waals surface area contributed by atoms with Gasteiger partial charge in [-0.15, -0.1) is 0 Å². The van der Waals surface area contributed by atoms with Gasteiger partial charge in [-0.2, -0.15) is 0 Å². The lowest BCUT2D eigenvalue weighted by molar-refractivity contribution is -0.143. The summed E-state index contributed by atoms with van der Waals surface area (Å²) < 4.78 is 5.51. The highest BCUT2D eigenvalue weighted by Gasteiger charge is 2.20. The number of esters is 1. The molecule has 0 aromatic rings. The van der Waals surface area contributed by atoms with Gasteiger partial charge in [0.25, 0.3) is 0 Å². The summed E-state index contributed by atoms with van der Waals surface area (Å²) in [6, 6.07) is -0.540. The van der Waals surface area contributed by atoms with Gasteiger partial charge in [0.05, 0.1) is 25.4 Å². The zero-order chi connectivity index (χ0) is 60.6. The molecule has 3 N–H and O–H groups in total. The first kappa shape index (κ1) is 82.3. The second-order valence-corrected chi connectivity index (χ2v) is 26.7. The van der Waals surface area contributed by atoms with Crippen LogP contribution in [-0.2, 0) is 14.3 Å². The quantitative estimate of drug-likeness (QED) is 0.0320. The lowest BCUT2D eigenvalue weighted by Gasteiger charge is -2.22. The first-order valence-corrected chi connectivity index (χ1v) is 38.6. The molecular weight excluding hydrogens is 1030 g/mol.